The first-order valence-electron chi connectivity index (χ1n) is 9.69. The van der Waals surface area contributed by atoms with Crippen LogP contribution < -0.4 is 20.1 Å². The minimum Gasteiger partial charge on any atom is -0.493 e. The molecule has 2 N–H and O–H groups in total. The third-order valence-corrected chi connectivity index (χ3v) is 6.02. The smallest absolute Gasteiger partial charge is 0.240 e. The number of methoxy groups -OCH3 is 2. The van der Waals surface area contributed by atoms with E-state index in [0.717, 1.165) is 11.1 Å². The lowest BCUT2D eigenvalue weighted by Gasteiger charge is -2.10. The van der Waals surface area contributed by atoms with Gasteiger partial charge in [-0.05, 0) is 49.7 Å². The minimum absolute atomic E-state index is 0.000150. The summed E-state index contributed by atoms with van der Waals surface area (Å²) in [5.41, 5.74) is 2.93. The Kier molecular flexibility index (Phi) is 7.76. The maximum atomic E-state index is 12.4. The number of rotatable bonds is 7. The van der Waals surface area contributed by atoms with Gasteiger partial charge in [0.1, 0.15) is 5.25 Å². The zero-order chi connectivity index (χ0) is 23.3. The molecule has 2 amide bonds. The first kappa shape index (κ1) is 23.6. The molecule has 1 heterocycles. The van der Waals surface area contributed by atoms with Crippen molar-refractivity contribution in [3.63, 3.8) is 0 Å². The van der Waals surface area contributed by atoms with Gasteiger partial charge < -0.3 is 20.1 Å². The number of nitrogens with one attached hydrogen (secondary N) is 2. The summed E-state index contributed by atoms with van der Waals surface area (Å²) in [6, 6.07) is 10.7. The summed E-state index contributed by atoms with van der Waals surface area (Å²) in [5, 5.41) is 14.1. The number of amides is 2. The third-order valence-electron chi connectivity index (χ3n) is 4.71. The van der Waals surface area contributed by atoms with E-state index in [9.17, 15) is 9.59 Å². The average Bonchev–Trinajstić information content (AvgIpc) is 3.12. The Hall–Kier alpha value is -3.04. The predicted molar refractivity (Wildman–Crippen MR) is 128 cm³/mol. The van der Waals surface area contributed by atoms with Crippen LogP contribution in [0.3, 0.4) is 0 Å². The van der Waals surface area contributed by atoms with Crippen molar-refractivity contribution >= 4 is 51.7 Å². The molecule has 168 valence electrons. The van der Waals surface area contributed by atoms with Crippen molar-refractivity contribution in [3.8, 4) is 11.5 Å². The van der Waals surface area contributed by atoms with E-state index in [-0.39, 0.29) is 18.2 Å². The Balaban J connectivity index is 1.64. The number of carbonyl (C=O) groups excluding carboxylic acids is 2. The van der Waals surface area contributed by atoms with E-state index in [1.165, 1.54) is 11.8 Å². The van der Waals surface area contributed by atoms with Crippen LogP contribution in [0, 0.1) is 6.92 Å². The summed E-state index contributed by atoms with van der Waals surface area (Å²) in [7, 11) is 3.13. The van der Waals surface area contributed by atoms with E-state index >= 15 is 0 Å². The molecule has 1 atom stereocenters. The van der Waals surface area contributed by atoms with Gasteiger partial charge in [0.05, 0.1) is 19.9 Å². The fraction of sp³-hybridized carbons (Fsp3) is 0.273. The second-order valence-corrected chi connectivity index (χ2v) is 8.60. The van der Waals surface area contributed by atoms with Gasteiger partial charge in [-0.15, -0.1) is 5.10 Å². The summed E-state index contributed by atoms with van der Waals surface area (Å²) in [6.45, 7) is 3.66. The number of anilines is 1. The molecular formula is C22H23ClN4O4S. The molecular weight excluding hydrogens is 452 g/mol. The molecule has 10 heteroatoms. The van der Waals surface area contributed by atoms with Crippen LogP contribution in [0.4, 0.5) is 5.69 Å². The van der Waals surface area contributed by atoms with Gasteiger partial charge in [-0.3, -0.25) is 9.59 Å². The molecule has 32 heavy (non-hydrogen) atoms. The van der Waals surface area contributed by atoms with Gasteiger partial charge in [0.2, 0.25) is 11.8 Å². The number of aryl methyl sites for hydroxylation is 1. The van der Waals surface area contributed by atoms with Gasteiger partial charge in [-0.1, -0.05) is 29.4 Å². The molecule has 0 aliphatic carbocycles. The van der Waals surface area contributed by atoms with Crippen molar-refractivity contribution in [1.29, 1.82) is 0 Å². The number of benzene rings is 2. The van der Waals surface area contributed by atoms with E-state index in [1.54, 1.807) is 45.4 Å². The van der Waals surface area contributed by atoms with Crippen molar-refractivity contribution in [1.82, 2.24) is 5.32 Å². The summed E-state index contributed by atoms with van der Waals surface area (Å²) in [5.74, 6) is 0.625. The van der Waals surface area contributed by atoms with Crippen LogP contribution in [0.2, 0.25) is 5.02 Å². The quantitative estimate of drug-likeness (QED) is 0.466. The summed E-state index contributed by atoms with van der Waals surface area (Å²) in [4.78, 5) is 24.7. The molecule has 0 unspecified atom stereocenters. The molecule has 0 radical (unpaired) electrons. The summed E-state index contributed by atoms with van der Waals surface area (Å²) >= 11 is 7.16. The lowest BCUT2D eigenvalue weighted by molar-refractivity contribution is -0.122. The van der Waals surface area contributed by atoms with Crippen LogP contribution in [0.1, 0.15) is 24.5 Å². The summed E-state index contributed by atoms with van der Waals surface area (Å²) in [6.07, 6.45) is -0.000150. The van der Waals surface area contributed by atoms with Crippen molar-refractivity contribution in [2.24, 2.45) is 10.2 Å². The lowest BCUT2D eigenvalue weighted by Crippen LogP contribution is -2.28. The zero-order valence-electron chi connectivity index (χ0n) is 18.1. The number of thioether (sulfide) groups is 1. The number of ether oxygens (including phenoxy) is 2. The fourth-order valence-electron chi connectivity index (χ4n) is 2.92. The number of halogens is 1. The van der Waals surface area contributed by atoms with E-state index in [2.05, 4.69) is 20.8 Å². The van der Waals surface area contributed by atoms with Gasteiger partial charge in [0, 0.05) is 22.7 Å². The molecule has 1 aliphatic heterocycles. The predicted octanol–water partition coefficient (Wildman–Crippen LogP) is 4.01. The van der Waals surface area contributed by atoms with Crippen LogP contribution in [0.5, 0.6) is 11.5 Å². The zero-order valence-corrected chi connectivity index (χ0v) is 19.6. The maximum absolute atomic E-state index is 12.4. The molecule has 2 aromatic carbocycles. The number of hydrogen-bond acceptors (Lipinski definition) is 7. The van der Waals surface area contributed by atoms with Crippen LogP contribution in [-0.4, -0.2) is 42.2 Å². The molecule has 1 aliphatic rings. The van der Waals surface area contributed by atoms with Gasteiger partial charge in [-0.2, -0.15) is 5.10 Å². The fourth-order valence-corrected chi connectivity index (χ4v) is 4.01. The molecule has 0 bridgehead atoms. The SMILES string of the molecule is COc1ccc(/C(C)=N\N=C2/NC(=O)[C@H](CC(=O)Nc3cc(Cl)ccc3C)S2)cc1OC. The summed E-state index contributed by atoms with van der Waals surface area (Å²) < 4.78 is 10.5. The van der Waals surface area contributed by atoms with Crippen LogP contribution in [0.15, 0.2) is 46.6 Å². The largest absolute Gasteiger partial charge is 0.493 e. The van der Waals surface area contributed by atoms with Gasteiger partial charge in [0.25, 0.3) is 0 Å². The highest BCUT2D eigenvalue weighted by molar-refractivity contribution is 8.15. The first-order valence-corrected chi connectivity index (χ1v) is 10.9. The highest BCUT2D eigenvalue weighted by atomic mass is 35.5. The van der Waals surface area contributed by atoms with Gasteiger partial charge in [-0.25, -0.2) is 0 Å². The normalized spacial score (nSPS) is 17.3. The van der Waals surface area contributed by atoms with Crippen molar-refractivity contribution < 1.29 is 19.1 Å². The standard InChI is InChI=1S/C22H23ClN4O4S/c1-12-5-7-15(23)10-16(12)24-20(28)11-19-21(29)25-22(32-19)27-26-13(2)14-6-8-17(30-3)18(9-14)31-4/h5-10,19H,11H2,1-4H3,(H,24,28)(H,25,27,29)/b26-13-/t19-/m0/s1. The Bertz CT molecular complexity index is 1100. The average molecular weight is 475 g/mol. The Morgan fingerprint density at radius 1 is 1.19 bits per heavy atom. The number of carbonyl (C=O) groups is 2. The van der Waals surface area contributed by atoms with E-state index in [0.29, 0.717) is 33.1 Å². The minimum atomic E-state index is -0.593. The second kappa shape index (κ2) is 10.5. The van der Waals surface area contributed by atoms with E-state index < -0.39 is 5.25 Å². The van der Waals surface area contributed by atoms with Crippen LogP contribution >= 0.6 is 23.4 Å². The molecule has 1 saturated heterocycles. The van der Waals surface area contributed by atoms with Crippen molar-refractivity contribution in [2.45, 2.75) is 25.5 Å². The van der Waals surface area contributed by atoms with Crippen molar-refractivity contribution in [2.75, 3.05) is 19.5 Å². The number of nitrogens with zero attached hydrogens (tertiary/aromatic N) is 2. The Morgan fingerprint density at radius 2 is 1.94 bits per heavy atom. The van der Waals surface area contributed by atoms with Crippen molar-refractivity contribution in [3.05, 3.63) is 52.5 Å². The topological polar surface area (TPSA) is 101 Å². The second-order valence-electron chi connectivity index (χ2n) is 6.97. The third kappa shape index (κ3) is 5.80. The lowest BCUT2D eigenvalue weighted by atomic mass is 10.1. The maximum Gasteiger partial charge on any atom is 0.240 e. The Labute approximate surface area is 195 Å². The Morgan fingerprint density at radius 3 is 2.66 bits per heavy atom. The monoisotopic (exact) mass is 474 g/mol. The van der Waals surface area contributed by atoms with E-state index in [1.807, 2.05) is 19.1 Å². The molecule has 1 fully saturated rings. The molecule has 2 aromatic rings. The highest BCUT2D eigenvalue weighted by Crippen LogP contribution is 2.28. The van der Waals surface area contributed by atoms with E-state index in [4.69, 9.17) is 21.1 Å². The number of hydrogen-bond donors (Lipinski definition) is 2. The molecule has 3 rings (SSSR count). The molecule has 8 nitrogen and oxygen atoms in total. The van der Waals surface area contributed by atoms with Crippen LogP contribution in [-0.2, 0) is 9.59 Å². The first-order chi connectivity index (χ1) is 15.3. The number of amidine groups is 1. The van der Waals surface area contributed by atoms with Gasteiger partial charge in [0.15, 0.2) is 16.7 Å². The molecule has 0 saturated carbocycles. The molecule has 0 aromatic heterocycles. The van der Waals surface area contributed by atoms with Crippen LogP contribution in [0.25, 0.3) is 0 Å². The van der Waals surface area contributed by atoms with Gasteiger partial charge >= 0.3 is 0 Å². The highest BCUT2D eigenvalue weighted by Gasteiger charge is 2.32. The molecule has 0 spiro atoms.